The fraction of sp³-hybridized carbons (Fsp3) is 0.571. The molecule has 0 unspecified atom stereocenters. The van der Waals surface area contributed by atoms with Gasteiger partial charge in [0, 0.05) is 12.3 Å². The minimum Gasteiger partial charge on any atom is -0.389 e. The van der Waals surface area contributed by atoms with Crippen molar-refractivity contribution in [3.63, 3.8) is 0 Å². The molecular weight excluding hydrogens is 316 g/mol. The highest BCUT2D eigenvalue weighted by Crippen LogP contribution is 2.46. The SMILES string of the molecule is CC(=O)[C@H]1C(=O)C[C@@](C)(O)[C@@H](C(C)=O)[C@@H]1c1ccc(C(C)(C)C)cc1. The van der Waals surface area contributed by atoms with Crippen LogP contribution in [0.1, 0.15) is 65.0 Å². The maximum atomic E-state index is 12.5. The van der Waals surface area contributed by atoms with Crippen molar-refractivity contribution < 1.29 is 19.5 Å². The smallest absolute Gasteiger partial charge is 0.146 e. The molecule has 4 nitrogen and oxygen atoms in total. The van der Waals surface area contributed by atoms with Crippen LogP contribution in [0.3, 0.4) is 0 Å². The van der Waals surface area contributed by atoms with E-state index in [0.29, 0.717) is 0 Å². The van der Waals surface area contributed by atoms with Gasteiger partial charge >= 0.3 is 0 Å². The van der Waals surface area contributed by atoms with E-state index < -0.39 is 23.4 Å². The summed E-state index contributed by atoms with van der Waals surface area (Å²) in [6, 6.07) is 7.70. The van der Waals surface area contributed by atoms with Crippen LogP contribution in [0.25, 0.3) is 0 Å². The van der Waals surface area contributed by atoms with Crippen molar-refractivity contribution in [2.45, 2.75) is 64.9 Å². The molecule has 2 rings (SSSR count). The molecule has 0 saturated heterocycles. The molecule has 0 bridgehead atoms. The largest absolute Gasteiger partial charge is 0.389 e. The summed E-state index contributed by atoms with van der Waals surface area (Å²) in [4.78, 5) is 37.0. The molecule has 0 amide bonds. The molecule has 1 aliphatic carbocycles. The molecule has 1 saturated carbocycles. The molecular formula is C21H28O4. The molecule has 25 heavy (non-hydrogen) atoms. The maximum Gasteiger partial charge on any atom is 0.146 e. The first-order valence-corrected chi connectivity index (χ1v) is 8.72. The highest BCUT2D eigenvalue weighted by Gasteiger charge is 2.53. The van der Waals surface area contributed by atoms with Gasteiger partial charge in [-0.2, -0.15) is 0 Å². The van der Waals surface area contributed by atoms with Crippen molar-refractivity contribution in [1.29, 1.82) is 0 Å². The predicted octanol–water partition coefficient (Wildman–Crippen LogP) is 3.20. The Labute approximate surface area is 149 Å². The topological polar surface area (TPSA) is 71.4 Å². The molecule has 0 aliphatic heterocycles. The Morgan fingerprint density at radius 2 is 1.60 bits per heavy atom. The van der Waals surface area contributed by atoms with Crippen LogP contribution >= 0.6 is 0 Å². The van der Waals surface area contributed by atoms with Gasteiger partial charge in [0.2, 0.25) is 0 Å². The summed E-state index contributed by atoms with van der Waals surface area (Å²) < 4.78 is 0. The number of aliphatic hydroxyl groups is 1. The average Bonchev–Trinajstić information content (AvgIpc) is 2.43. The fourth-order valence-corrected chi connectivity index (χ4v) is 4.11. The Balaban J connectivity index is 2.59. The second-order valence-electron chi connectivity index (χ2n) is 8.57. The van der Waals surface area contributed by atoms with Gasteiger partial charge in [-0.1, -0.05) is 45.0 Å². The van der Waals surface area contributed by atoms with Crippen LogP contribution in [0.5, 0.6) is 0 Å². The van der Waals surface area contributed by atoms with E-state index in [4.69, 9.17) is 0 Å². The molecule has 0 heterocycles. The normalized spacial score (nSPS) is 30.2. The lowest BCUT2D eigenvalue weighted by Crippen LogP contribution is -2.53. The lowest BCUT2D eigenvalue weighted by atomic mass is 9.59. The molecule has 1 aromatic rings. The summed E-state index contributed by atoms with van der Waals surface area (Å²) in [6.07, 6.45) is -0.169. The van der Waals surface area contributed by atoms with E-state index in [1.54, 1.807) is 0 Å². The lowest BCUT2D eigenvalue weighted by molar-refractivity contribution is -0.151. The van der Waals surface area contributed by atoms with Crippen LogP contribution in [0.15, 0.2) is 24.3 Å². The Hall–Kier alpha value is -1.81. The monoisotopic (exact) mass is 344 g/mol. The summed E-state index contributed by atoms with van der Waals surface area (Å²) in [5, 5.41) is 10.7. The summed E-state index contributed by atoms with van der Waals surface area (Å²) >= 11 is 0. The van der Waals surface area contributed by atoms with Crippen LogP contribution in [-0.4, -0.2) is 28.1 Å². The van der Waals surface area contributed by atoms with Gasteiger partial charge in [0.05, 0.1) is 17.4 Å². The van der Waals surface area contributed by atoms with E-state index in [2.05, 4.69) is 20.8 Å². The Kier molecular flexibility index (Phi) is 5.06. The second-order valence-corrected chi connectivity index (χ2v) is 8.57. The van der Waals surface area contributed by atoms with Crippen LogP contribution < -0.4 is 0 Å². The van der Waals surface area contributed by atoms with Crippen LogP contribution in [0, 0.1) is 11.8 Å². The molecule has 1 fully saturated rings. The zero-order valence-corrected chi connectivity index (χ0v) is 15.9. The van der Waals surface area contributed by atoms with E-state index in [9.17, 15) is 19.5 Å². The number of carbonyl (C=O) groups is 3. The van der Waals surface area contributed by atoms with Crippen LogP contribution in [0.4, 0.5) is 0 Å². The van der Waals surface area contributed by atoms with Crippen molar-refractivity contribution >= 4 is 17.3 Å². The Morgan fingerprint density at radius 1 is 1.08 bits per heavy atom. The van der Waals surface area contributed by atoms with E-state index >= 15 is 0 Å². The molecule has 0 radical (unpaired) electrons. The lowest BCUT2D eigenvalue weighted by Gasteiger charge is -2.44. The molecule has 1 aliphatic rings. The van der Waals surface area contributed by atoms with Gasteiger partial charge in [-0.3, -0.25) is 14.4 Å². The summed E-state index contributed by atoms with van der Waals surface area (Å²) in [5.41, 5.74) is 0.417. The highest BCUT2D eigenvalue weighted by atomic mass is 16.3. The van der Waals surface area contributed by atoms with Crippen molar-refractivity contribution in [1.82, 2.24) is 0 Å². The van der Waals surface area contributed by atoms with Gasteiger partial charge in [0.25, 0.3) is 0 Å². The minimum atomic E-state index is -1.44. The number of hydrogen-bond acceptors (Lipinski definition) is 4. The van der Waals surface area contributed by atoms with E-state index in [1.807, 2.05) is 24.3 Å². The Morgan fingerprint density at radius 3 is 2.00 bits per heavy atom. The van der Waals surface area contributed by atoms with Crippen molar-refractivity contribution in [2.75, 3.05) is 0 Å². The number of carbonyl (C=O) groups excluding carboxylic acids is 3. The van der Waals surface area contributed by atoms with Gasteiger partial charge in [-0.15, -0.1) is 0 Å². The zero-order chi connectivity index (χ0) is 19.2. The van der Waals surface area contributed by atoms with E-state index in [1.165, 1.54) is 20.8 Å². The minimum absolute atomic E-state index is 0.0215. The molecule has 4 atom stereocenters. The number of hydrogen-bond donors (Lipinski definition) is 1. The highest BCUT2D eigenvalue weighted by molar-refractivity contribution is 6.05. The summed E-state index contributed by atoms with van der Waals surface area (Å²) in [5.74, 6) is -3.03. The van der Waals surface area contributed by atoms with Gasteiger partial charge in [-0.25, -0.2) is 0 Å². The maximum absolute atomic E-state index is 12.5. The molecule has 0 aromatic heterocycles. The van der Waals surface area contributed by atoms with Crippen molar-refractivity contribution in [3.8, 4) is 0 Å². The molecule has 136 valence electrons. The third kappa shape index (κ3) is 3.74. The third-order valence-corrected chi connectivity index (χ3v) is 5.30. The zero-order valence-electron chi connectivity index (χ0n) is 15.9. The first-order valence-electron chi connectivity index (χ1n) is 8.72. The molecule has 4 heteroatoms. The average molecular weight is 344 g/mol. The van der Waals surface area contributed by atoms with Gasteiger partial charge in [0.1, 0.15) is 17.3 Å². The first-order chi connectivity index (χ1) is 11.4. The van der Waals surface area contributed by atoms with Crippen LogP contribution in [-0.2, 0) is 19.8 Å². The third-order valence-electron chi connectivity index (χ3n) is 5.30. The van der Waals surface area contributed by atoms with Gasteiger partial charge in [-0.05, 0) is 37.3 Å². The second kappa shape index (κ2) is 6.49. The standard InChI is InChI=1S/C21H28O4/c1-12(22)17-16(24)11-21(6,25)19(13(2)23)18(17)14-7-9-15(10-8-14)20(3,4)5/h7-10,17-19,25H,11H2,1-6H3/t17-,18+,19-,21+/m0/s1. The molecule has 0 spiro atoms. The summed E-state index contributed by atoms with van der Waals surface area (Å²) in [7, 11) is 0. The van der Waals surface area contributed by atoms with Crippen molar-refractivity contribution in [3.05, 3.63) is 35.4 Å². The van der Waals surface area contributed by atoms with Crippen LogP contribution in [0.2, 0.25) is 0 Å². The number of ketones is 3. The van der Waals surface area contributed by atoms with E-state index in [-0.39, 0.29) is 29.2 Å². The van der Waals surface area contributed by atoms with Gasteiger partial charge in [0.15, 0.2) is 0 Å². The van der Waals surface area contributed by atoms with Gasteiger partial charge < -0.3 is 5.11 Å². The molecule has 1 aromatic carbocycles. The number of Topliss-reactive ketones (excluding diaryl/α,β-unsaturated/α-hetero) is 3. The number of benzene rings is 1. The fourth-order valence-electron chi connectivity index (χ4n) is 4.11. The van der Waals surface area contributed by atoms with E-state index in [0.717, 1.165) is 11.1 Å². The quantitative estimate of drug-likeness (QED) is 0.855. The summed E-state index contributed by atoms with van der Waals surface area (Å²) in [6.45, 7) is 10.6. The Bertz CT molecular complexity index is 692. The predicted molar refractivity (Wildman–Crippen MR) is 96.5 cm³/mol. The molecule has 1 N–H and O–H groups in total. The first kappa shape index (κ1) is 19.5. The van der Waals surface area contributed by atoms with Crippen molar-refractivity contribution in [2.24, 2.45) is 11.8 Å². The number of rotatable bonds is 3.